The van der Waals surface area contributed by atoms with E-state index >= 15 is 0 Å². The van der Waals surface area contributed by atoms with Crippen LogP contribution in [0.1, 0.15) is 28.6 Å². The van der Waals surface area contributed by atoms with Crippen LogP contribution in [0.5, 0.6) is 5.75 Å². The number of ketones is 1. The van der Waals surface area contributed by atoms with Gasteiger partial charge in [-0.25, -0.2) is 4.98 Å². The molecule has 0 radical (unpaired) electrons. The lowest BCUT2D eigenvalue weighted by Crippen LogP contribution is -2.31. The Morgan fingerprint density at radius 3 is 2.41 bits per heavy atom. The number of nitrogens with zero attached hydrogens (tertiary/aromatic N) is 3. The summed E-state index contributed by atoms with van der Waals surface area (Å²) >= 11 is 0. The average Bonchev–Trinajstić information content (AvgIpc) is 3.31. The third kappa shape index (κ3) is 3.61. The Kier molecular flexibility index (Phi) is 5.37. The van der Waals surface area contributed by atoms with Gasteiger partial charge in [-0.3, -0.25) is 14.0 Å². The van der Waals surface area contributed by atoms with E-state index in [9.17, 15) is 19.8 Å². The third-order valence-corrected chi connectivity index (χ3v) is 6.16. The van der Waals surface area contributed by atoms with Crippen molar-refractivity contribution in [1.82, 2.24) is 14.3 Å². The van der Waals surface area contributed by atoms with Crippen molar-refractivity contribution in [3.8, 4) is 5.75 Å². The highest BCUT2D eigenvalue weighted by atomic mass is 16.3. The maximum Gasteiger partial charge on any atom is 0.295 e. The lowest BCUT2D eigenvalue weighted by atomic mass is 9.96. The maximum atomic E-state index is 13.3. The van der Waals surface area contributed by atoms with Gasteiger partial charge in [-0.05, 0) is 48.7 Å². The van der Waals surface area contributed by atoms with Gasteiger partial charge in [0.05, 0.1) is 17.3 Å². The number of fused-ring (bicyclic) bond motifs is 1. The van der Waals surface area contributed by atoms with E-state index in [-0.39, 0.29) is 17.1 Å². The van der Waals surface area contributed by atoms with Gasteiger partial charge in [0, 0.05) is 12.7 Å². The largest absolute Gasteiger partial charge is 0.508 e. The number of aliphatic hydroxyl groups is 1. The van der Waals surface area contributed by atoms with Crippen LogP contribution >= 0.6 is 0 Å². The van der Waals surface area contributed by atoms with Crippen molar-refractivity contribution in [2.24, 2.45) is 0 Å². The number of rotatable bonds is 5. The van der Waals surface area contributed by atoms with Gasteiger partial charge in [-0.2, -0.15) is 0 Å². The number of phenolic OH excluding ortho intramolecular Hbond substituents is 1. The fourth-order valence-electron chi connectivity index (χ4n) is 4.53. The van der Waals surface area contributed by atoms with Crippen LogP contribution in [0.25, 0.3) is 11.4 Å². The molecule has 34 heavy (non-hydrogen) atoms. The summed E-state index contributed by atoms with van der Waals surface area (Å²) in [5.41, 5.74) is 3.21. The smallest absolute Gasteiger partial charge is 0.295 e. The first-order valence-electron chi connectivity index (χ1n) is 11.0. The summed E-state index contributed by atoms with van der Waals surface area (Å²) in [6.45, 7) is 2.05. The number of carbonyl (C=O) groups excluding carboxylic acids is 2. The quantitative estimate of drug-likeness (QED) is 0.270. The van der Waals surface area contributed by atoms with Gasteiger partial charge in [0.2, 0.25) is 0 Å². The number of aliphatic hydroxyl groups excluding tert-OH is 1. The highest BCUT2D eigenvalue weighted by Crippen LogP contribution is 2.40. The molecule has 0 aliphatic carbocycles. The normalized spacial score (nSPS) is 17.6. The summed E-state index contributed by atoms with van der Waals surface area (Å²) in [7, 11) is 0. The molecule has 3 heterocycles. The molecule has 1 fully saturated rings. The number of aromatic hydroxyl groups is 1. The van der Waals surface area contributed by atoms with E-state index < -0.39 is 17.7 Å². The van der Waals surface area contributed by atoms with E-state index in [1.807, 2.05) is 36.4 Å². The van der Waals surface area contributed by atoms with Crippen LogP contribution < -0.4 is 0 Å². The molecule has 5 rings (SSSR count). The highest BCUT2D eigenvalue weighted by Gasteiger charge is 2.46. The van der Waals surface area contributed by atoms with Crippen LogP contribution in [0.2, 0.25) is 0 Å². The minimum absolute atomic E-state index is 0.0116. The van der Waals surface area contributed by atoms with Crippen molar-refractivity contribution in [2.75, 3.05) is 6.54 Å². The van der Waals surface area contributed by atoms with E-state index in [0.717, 1.165) is 5.56 Å². The second-order valence-corrected chi connectivity index (χ2v) is 8.29. The number of aromatic nitrogens is 2. The molecule has 0 spiro atoms. The molecule has 7 nitrogen and oxygen atoms in total. The zero-order valence-electron chi connectivity index (χ0n) is 18.5. The second kappa shape index (κ2) is 8.51. The number of aryl methyl sites for hydroxylation is 1. The summed E-state index contributed by atoms with van der Waals surface area (Å²) in [4.78, 5) is 32.4. The molecule has 0 bridgehead atoms. The van der Waals surface area contributed by atoms with Crippen molar-refractivity contribution in [1.29, 1.82) is 0 Å². The summed E-state index contributed by atoms with van der Waals surface area (Å²) in [6, 6.07) is 20.7. The second-order valence-electron chi connectivity index (χ2n) is 8.29. The van der Waals surface area contributed by atoms with Crippen molar-refractivity contribution in [3.05, 3.63) is 107 Å². The molecule has 7 heteroatoms. The van der Waals surface area contributed by atoms with E-state index in [2.05, 4.69) is 4.98 Å². The summed E-state index contributed by atoms with van der Waals surface area (Å²) < 4.78 is 1.70. The van der Waals surface area contributed by atoms with Gasteiger partial charge < -0.3 is 15.1 Å². The van der Waals surface area contributed by atoms with Gasteiger partial charge in [0.15, 0.2) is 5.76 Å². The number of carbonyl (C=O) groups is 2. The van der Waals surface area contributed by atoms with E-state index in [4.69, 9.17) is 0 Å². The van der Waals surface area contributed by atoms with Crippen LogP contribution in [0.15, 0.2) is 84.6 Å². The van der Waals surface area contributed by atoms with Crippen LogP contribution in [-0.2, 0) is 16.0 Å². The molecule has 2 N–H and O–H groups in total. The van der Waals surface area contributed by atoms with Crippen LogP contribution in [0, 0.1) is 6.92 Å². The first kappa shape index (κ1) is 21.5. The van der Waals surface area contributed by atoms with Gasteiger partial charge >= 0.3 is 0 Å². The third-order valence-electron chi connectivity index (χ3n) is 6.16. The van der Waals surface area contributed by atoms with Gasteiger partial charge in [0.25, 0.3) is 11.7 Å². The maximum absolute atomic E-state index is 13.3. The van der Waals surface area contributed by atoms with Crippen molar-refractivity contribution >= 4 is 23.1 Å². The van der Waals surface area contributed by atoms with Crippen molar-refractivity contribution in [3.63, 3.8) is 0 Å². The number of benzene rings is 2. The van der Waals surface area contributed by atoms with Crippen molar-refractivity contribution in [2.45, 2.75) is 19.4 Å². The molecule has 1 aliphatic heterocycles. The first-order valence-corrected chi connectivity index (χ1v) is 11.0. The lowest BCUT2D eigenvalue weighted by molar-refractivity contribution is -0.139. The number of hydrogen-bond acceptors (Lipinski definition) is 5. The number of phenols is 1. The zero-order chi connectivity index (χ0) is 23.8. The average molecular weight is 453 g/mol. The van der Waals surface area contributed by atoms with Crippen LogP contribution in [0.3, 0.4) is 0 Å². The van der Waals surface area contributed by atoms with Crippen LogP contribution in [-0.4, -0.2) is 42.7 Å². The highest BCUT2D eigenvalue weighted by molar-refractivity contribution is 6.46. The number of likely N-dealkylation sites (tertiary alicyclic amines) is 1. The number of Topliss-reactive ketones (excluding diaryl/α,β-unsaturated/α-hetero) is 1. The fraction of sp³-hybridized carbons (Fsp3) is 0.148. The molecular weight excluding hydrogens is 430 g/mol. The molecule has 1 atom stereocenters. The minimum Gasteiger partial charge on any atom is -0.508 e. The van der Waals surface area contributed by atoms with Crippen molar-refractivity contribution < 1.29 is 19.8 Å². The Labute approximate surface area is 196 Å². The summed E-state index contributed by atoms with van der Waals surface area (Å²) in [5.74, 6) is -1.60. The Morgan fingerprint density at radius 1 is 0.971 bits per heavy atom. The molecule has 1 amide bonds. The number of imidazole rings is 1. The Hall–Kier alpha value is -4.39. The van der Waals surface area contributed by atoms with E-state index in [0.29, 0.717) is 35.6 Å². The Morgan fingerprint density at radius 2 is 1.68 bits per heavy atom. The number of pyridine rings is 1. The molecule has 2 aromatic heterocycles. The van der Waals surface area contributed by atoms with Gasteiger partial charge in [-0.15, -0.1) is 0 Å². The molecule has 170 valence electrons. The molecule has 4 aromatic rings. The molecule has 1 unspecified atom stereocenters. The predicted molar refractivity (Wildman–Crippen MR) is 127 cm³/mol. The number of amides is 1. The Bertz CT molecular complexity index is 1420. The van der Waals surface area contributed by atoms with Gasteiger partial charge in [-0.1, -0.05) is 48.5 Å². The molecular formula is C27H23N3O4. The lowest BCUT2D eigenvalue weighted by Gasteiger charge is -2.25. The van der Waals surface area contributed by atoms with E-state index in [1.54, 1.807) is 41.8 Å². The summed E-state index contributed by atoms with van der Waals surface area (Å²) in [5, 5.41) is 21.2. The SMILES string of the molecule is Cc1nc2ccccn2c1C(O)=C1C(=O)C(=O)N(CCc2ccccc2)C1c1ccc(O)cc1. The topological polar surface area (TPSA) is 95.1 Å². The molecule has 0 saturated carbocycles. The number of hydrogen-bond donors (Lipinski definition) is 2. The predicted octanol–water partition coefficient (Wildman–Crippen LogP) is 4.01. The molecule has 2 aromatic carbocycles. The monoisotopic (exact) mass is 453 g/mol. The van der Waals surface area contributed by atoms with Crippen LogP contribution in [0.4, 0.5) is 0 Å². The zero-order valence-corrected chi connectivity index (χ0v) is 18.5. The first-order chi connectivity index (χ1) is 16.5. The summed E-state index contributed by atoms with van der Waals surface area (Å²) in [6.07, 6.45) is 2.31. The Balaban J connectivity index is 1.65. The standard InChI is InChI=1S/C27H23N3O4/c1-17-23(29-15-6-5-9-21(29)28-17)25(32)22-24(19-10-12-20(31)13-11-19)30(27(34)26(22)33)16-14-18-7-3-2-4-8-18/h2-13,15,24,31-32H,14,16H2,1H3. The molecule has 1 saturated heterocycles. The van der Waals surface area contributed by atoms with E-state index in [1.165, 1.54) is 17.0 Å². The minimum atomic E-state index is -0.794. The molecule has 1 aliphatic rings. The van der Waals surface area contributed by atoms with Gasteiger partial charge in [0.1, 0.15) is 17.1 Å². The fourth-order valence-corrected chi connectivity index (χ4v) is 4.53.